The number of likely N-dealkylation sites (tertiary alicyclic amines) is 1. The minimum Gasteiger partial charge on any atom is -0.376 e. The Labute approximate surface area is 163 Å². The fourth-order valence-corrected chi connectivity index (χ4v) is 3.77. The Morgan fingerprint density at radius 3 is 2.59 bits per heavy atom. The van der Waals surface area contributed by atoms with Crippen molar-refractivity contribution >= 4 is 5.69 Å². The van der Waals surface area contributed by atoms with Gasteiger partial charge in [0.1, 0.15) is 0 Å². The molecule has 0 spiro atoms. The van der Waals surface area contributed by atoms with Crippen molar-refractivity contribution in [3.63, 3.8) is 0 Å². The lowest BCUT2D eigenvalue weighted by molar-refractivity contribution is 0.0622. The highest BCUT2D eigenvalue weighted by Crippen LogP contribution is 2.27. The Morgan fingerprint density at radius 2 is 1.85 bits per heavy atom. The Hall–Kier alpha value is -2.15. The fourth-order valence-electron chi connectivity index (χ4n) is 3.77. The van der Waals surface area contributed by atoms with Gasteiger partial charge in [0.2, 0.25) is 0 Å². The zero-order valence-corrected chi connectivity index (χ0v) is 16.6. The van der Waals surface area contributed by atoms with Crippen molar-refractivity contribution in [2.45, 2.75) is 39.2 Å². The highest BCUT2D eigenvalue weighted by atomic mass is 16.5. The molecular formula is C24H30N2O. The molecule has 0 saturated carbocycles. The maximum Gasteiger partial charge on any atom is 0.187 e. The van der Waals surface area contributed by atoms with Crippen LogP contribution < -0.4 is 0 Å². The van der Waals surface area contributed by atoms with E-state index in [9.17, 15) is 0 Å². The molecule has 27 heavy (non-hydrogen) atoms. The normalized spacial score (nSPS) is 15.6. The molecule has 1 aliphatic heterocycles. The first-order valence-corrected chi connectivity index (χ1v) is 10.0. The van der Waals surface area contributed by atoms with Crippen LogP contribution in [-0.2, 0) is 17.8 Å². The van der Waals surface area contributed by atoms with E-state index in [1.807, 2.05) is 18.2 Å². The van der Waals surface area contributed by atoms with Crippen LogP contribution in [0.3, 0.4) is 0 Å². The molecule has 0 aromatic heterocycles. The van der Waals surface area contributed by atoms with Crippen LogP contribution in [0.15, 0.2) is 42.5 Å². The van der Waals surface area contributed by atoms with Crippen LogP contribution in [0.2, 0.25) is 0 Å². The molecule has 3 heteroatoms. The second-order valence-electron chi connectivity index (χ2n) is 7.71. The van der Waals surface area contributed by atoms with Gasteiger partial charge >= 0.3 is 0 Å². The summed E-state index contributed by atoms with van der Waals surface area (Å²) in [5.74, 6) is 0.690. The number of piperidine rings is 1. The van der Waals surface area contributed by atoms with E-state index >= 15 is 0 Å². The largest absolute Gasteiger partial charge is 0.376 e. The SMILES string of the molecule is [C-]#[N+]c1cccc(-c2cc(CCC)cc(COCC3CCN(C)CC3)c2)c1. The lowest BCUT2D eigenvalue weighted by atomic mass is 9.97. The van der Waals surface area contributed by atoms with E-state index in [1.54, 1.807) is 0 Å². The molecule has 2 aromatic carbocycles. The first-order valence-electron chi connectivity index (χ1n) is 10.0. The Kier molecular flexibility index (Phi) is 7.04. The summed E-state index contributed by atoms with van der Waals surface area (Å²) in [7, 11) is 2.20. The molecular weight excluding hydrogens is 332 g/mol. The number of aryl methyl sites for hydroxylation is 1. The van der Waals surface area contributed by atoms with E-state index in [0.717, 1.165) is 25.0 Å². The molecule has 1 fully saturated rings. The van der Waals surface area contributed by atoms with Gasteiger partial charge in [-0.15, -0.1) is 0 Å². The van der Waals surface area contributed by atoms with Gasteiger partial charge in [0.05, 0.1) is 13.2 Å². The molecule has 0 bridgehead atoms. The van der Waals surface area contributed by atoms with Gasteiger partial charge in [-0.2, -0.15) is 0 Å². The van der Waals surface area contributed by atoms with Crippen LogP contribution in [0.1, 0.15) is 37.3 Å². The summed E-state index contributed by atoms with van der Waals surface area (Å²) >= 11 is 0. The maximum absolute atomic E-state index is 7.26. The highest BCUT2D eigenvalue weighted by Gasteiger charge is 2.16. The third kappa shape index (κ3) is 5.66. The van der Waals surface area contributed by atoms with Crippen LogP contribution in [0.5, 0.6) is 0 Å². The first-order chi connectivity index (χ1) is 13.2. The van der Waals surface area contributed by atoms with E-state index in [4.69, 9.17) is 11.3 Å². The quantitative estimate of drug-likeness (QED) is 0.586. The van der Waals surface area contributed by atoms with E-state index in [0.29, 0.717) is 18.2 Å². The molecule has 0 unspecified atom stereocenters. The van der Waals surface area contributed by atoms with E-state index < -0.39 is 0 Å². The molecule has 3 rings (SSSR count). The fraction of sp³-hybridized carbons (Fsp3) is 0.458. The number of rotatable bonds is 7. The molecule has 0 amide bonds. The Balaban J connectivity index is 1.70. The van der Waals surface area contributed by atoms with Gasteiger partial charge in [-0.3, -0.25) is 0 Å². The third-order valence-corrected chi connectivity index (χ3v) is 5.36. The van der Waals surface area contributed by atoms with Crippen LogP contribution in [0.4, 0.5) is 5.69 Å². The summed E-state index contributed by atoms with van der Waals surface area (Å²) in [5.41, 5.74) is 5.56. The van der Waals surface area contributed by atoms with E-state index in [1.165, 1.54) is 42.6 Å². The predicted octanol–water partition coefficient (Wildman–Crippen LogP) is 5.72. The summed E-state index contributed by atoms with van der Waals surface area (Å²) < 4.78 is 6.10. The maximum atomic E-state index is 7.26. The summed E-state index contributed by atoms with van der Waals surface area (Å²) in [4.78, 5) is 5.96. The highest BCUT2D eigenvalue weighted by molar-refractivity contribution is 5.69. The second kappa shape index (κ2) is 9.69. The standard InChI is InChI=1S/C24H30N2O/c1-4-6-20-13-21(18-27-17-19-9-11-26(3)12-10-19)15-23(14-20)22-7-5-8-24(16-22)25-2/h5,7-8,13-16,19H,4,6,9-12,17-18H2,1,3H3. The molecule has 0 N–H and O–H groups in total. The van der Waals surface area contributed by atoms with Gasteiger partial charge in [0, 0.05) is 6.61 Å². The van der Waals surface area contributed by atoms with Crippen molar-refractivity contribution in [2.24, 2.45) is 5.92 Å². The predicted molar refractivity (Wildman–Crippen MR) is 112 cm³/mol. The van der Waals surface area contributed by atoms with Crippen LogP contribution in [-0.4, -0.2) is 31.6 Å². The van der Waals surface area contributed by atoms with Crippen LogP contribution >= 0.6 is 0 Å². The molecule has 0 atom stereocenters. The minimum atomic E-state index is 0.666. The van der Waals surface area contributed by atoms with Crippen molar-refractivity contribution in [1.29, 1.82) is 0 Å². The topological polar surface area (TPSA) is 16.8 Å². The summed E-state index contributed by atoms with van der Waals surface area (Å²) in [6.07, 6.45) is 4.67. The minimum absolute atomic E-state index is 0.666. The molecule has 1 heterocycles. The zero-order chi connectivity index (χ0) is 19.1. The van der Waals surface area contributed by atoms with Gasteiger partial charge in [-0.1, -0.05) is 43.7 Å². The average molecular weight is 363 g/mol. The monoisotopic (exact) mass is 362 g/mol. The van der Waals surface area contributed by atoms with Crippen molar-refractivity contribution < 1.29 is 4.74 Å². The Morgan fingerprint density at radius 1 is 1.07 bits per heavy atom. The van der Waals surface area contributed by atoms with Gasteiger partial charge in [-0.25, -0.2) is 4.85 Å². The number of ether oxygens (including phenoxy) is 1. The molecule has 0 radical (unpaired) electrons. The van der Waals surface area contributed by atoms with Gasteiger partial charge < -0.3 is 9.64 Å². The molecule has 1 saturated heterocycles. The Bertz CT molecular complexity index is 785. The van der Waals surface area contributed by atoms with Crippen molar-refractivity contribution in [2.75, 3.05) is 26.7 Å². The van der Waals surface area contributed by atoms with Crippen LogP contribution in [0.25, 0.3) is 16.0 Å². The molecule has 3 nitrogen and oxygen atoms in total. The van der Waals surface area contributed by atoms with Crippen molar-refractivity contribution in [1.82, 2.24) is 4.90 Å². The third-order valence-electron chi connectivity index (χ3n) is 5.36. The lowest BCUT2D eigenvalue weighted by Crippen LogP contribution is -2.31. The van der Waals surface area contributed by atoms with Gasteiger partial charge in [0.15, 0.2) is 5.69 Å². The van der Waals surface area contributed by atoms with Gasteiger partial charge in [-0.05, 0) is 79.7 Å². The average Bonchev–Trinajstić information content (AvgIpc) is 2.70. The van der Waals surface area contributed by atoms with Crippen molar-refractivity contribution in [3.05, 3.63) is 65.0 Å². The summed E-state index contributed by atoms with van der Waals surface area (Å²) in [5, 5.41) is 0. The summed E-state index contributed by atoms with van der Waals surface area (Å²) in [6.45, 7) is 13.4. The lowest BCUT2D eigenvalue weighted by Gasteiger charge is -2.28. The molecule has 142 valence electrons. The number of nitrogens with zero attached hydrogens (tertiary/aromatic N) is 2. The van der Waals surface area contributed by atoms with Crippen molar-refractivity contribution in [3.8, 4) is 11.1 Å². The smallest absolute Gasteiger partial charge is 0.187 e. The summed E-state index contributed by atoms with van der Waals surface area (Å²) in [6, 6.07) is 14.6. The van der Waals surface area contributed by atoms with E-state index in [2.05, 4.69) is 48.0 Å². The second-order valence-corrected chi connectivity index (χ2v) is 7.71. The first kappa shape index (κ1) is 19.6. The molecule has 0 aliphatic carbocycles. The molecule has 2 aromatic rings. The van der Waals surface area contributed by atoms with E-state index in [-0.39, 0.29) is 0 Å². The van der Waals surface area contributed by atoms with Crippen LogP contribution in [0, 0.1) is 12.5 Å². The number of hydrogen-bond donors (Lipinski definition) is 0. The molecule has 1 aliphatic rings. The van der Waals surface area contributed by atoms with Gasteiger partial charge in [0.25, 0.3) is 0 Å². The number of benzene rings is 2. The zero-order valence-electron chi connectivity index (χ0n) is 16.6. The number of hydrogen-bond acceptors (Lipinski definition) is 2.